The van der Waals surface area contributed by atoms with Gasteiger partial charge in [0.05, 0.1) is 12.1 Å². The second-order valence-electron chi connectivity index (χ2n) is 5.11. The molecular weight excluding hydrogens is 217 g/mol. The van der Waals surface area contributed by atoms with E-state index in [1.54, 1.807) is 6.07 Å². The normalized spacial score (nSPS) is 21.6. The lowest BCUT2D eigenvalue weighted by Gasteiger charge is -2.40. The van der Waals surface area contributed by atoms with Crippen molar-refractivity contribution < 1.29 is 9.13 Å². The fourth-order valence-corrected chi connectivity index (χ4v) is 2.71. The summed E-state index contributed by atoms with van der Waals surface area (Å²) in [5.41, 5.74) is 1.75. The third-order valence-electron chi connectivity index (χ3n) is 3.92. The minimum Gasteiger partial charge on any atom is -0.475 e. The molecule has 0 atom stereocenters. The maximum atomic E-state index is 14.0. The highest BCUT2D eigenvalue weighted by molar-refractivity contribution is 5.97. The zero-order valence-electron chi connectivity index (χ0n) is 10.0. The van der Waals surface area contributed by atoms with Gasteiger partial charge in [-0.2, -0.15) is 0 Å². The first-order chi connectivity index (χ1) is 8.21. The monoisotopic (exact) mass is 233 g/mol. The van der Waals surface area contributed by atoms with E-state index in [1.807, 2.05) is 6.07 Å². The lowest BCUT2D eigenvalue weighted by Crippen LogP contribution is -2.32. The van der Waals surface area contributed by atoms with Crippen molar-refractivity contribution >= 4 is 5.90 Å². The van der Waals surface area contributed by atoms with Crippen molar-refractivity contribution in [2.45, 2.75) is 31.6 Å². The van der Waals surface area contributed by atoms with Crippen molar-refractivity contribution in [2.75, 3.05) is 13.2 Å². The van der Waals surface area contributed by atoms with Crippen LogP contribution in [0.5, 0.6) is 0 Å². The molecule has 1 saturated carbocycles. The van der Waals surface area contributed by atoms with Gasteiger partial charge >= 0.3 is 0 Å². The maximum Gasteiger partial charge on any atom is 0.219 e. The van der Waals surface area contributed by atoms with E-state index in [2.05, 4.69) is 11.9 Å². The molecule has 90 valence electrons. The standard InChI is InChI=1S/C14H16FNO/c1-14(6-3-7-14)10-4-2-5-11(15)12(10)13-16-8-9-17-13/h2,4-5H,3,6-9H2,1H3. The molecule has 0 unspecified atom stereocenters. The average Bonchev–Trinajstić information content (AvgIpc) is 2.79. The minimum absolute atomic E-state index is 0.103. The van der Waals surface area contributed by atoms with Crippen molar-refractivity contribution in [3.05, 3.63) is 35.1 Å². The van der Waals surface area contributed by atoms with Gasteiger partial charge in [-0.05, 0) is 29.9 Å². The van der Waals surface area contributed by atoms with Gasteiger partial charge in [0, 0.05) is 0 Å². The van der Waals surface area contributed by atoms with Crippen LogP contribution in [0.4, 0.5) is 4.39 Å². The van der Waals surface area contributed by atoms with E-state index in [4.69, 9.17) is 4.74 Å². The van der Waals surface area contributed by atoms with E-state index in [0.717, 1.165) is 18.4 Å². The SMILES string of the molecule is CC1(c2cccc(F)c2C2=NCCO2)CCC1. The second-order valence-corrected chi connectivity index (χ2v) is 5.11. The predicted octanol–water partition coefficient (Wildman–Crippen LogP) is 3.04. The number of hydrogen-bond donors (Lipinski definition) is 0. The van der Waals surface area contributed by atoms with E-state index >= 15 is 0 Å². The first-order valence-electron chi connectivity index (χ1n) is 6.17. The van der Waals surface area contributed by atoms with Gasteiger partial charge in [0.2, 0.25) is 5.90 Å². The first kappa shape index (κ1) is 10.8. The Labute approximate surface area is 101 Å². The van der Waals surface area contributed by atoms with Crippen LogP contribution in [-0.2, 0) is 10.2 Å². The Balaban J connectivity index is 2.11. The number of rotatable bonds is 2. The highest BCUT2D eigenvalue weighted by atomic mass is 19.1. The highest BCUT2D eigenvalue weighted by Gasteiger charge is 2.37. The highest BCUT2D eigenvalue weighted by Crippen LogP contribution is 2.45. The number of halogens is 1. The van der Waals surface area contributed by atoms with Crippen LogP contribution < -0.4 is 0 Å². The van der Waals surface area contributed by atoms with Gasteiger partial charge < -0.3 is 4.74 Å². The van der Waals surface area contributed by atoms with E-state index in [9.17, 15) is 4.39 Å². The Hall–Kier alpha value is -1.38. The van der Waals surface area contributed by atoms with Crippen molar-refractivity contribution in [3.63, 3.8) is 0 Å². The molecule has 1 aromatic rings. The topological polar surface area (TPSA) is 21.6 Å². The number of aliphatic imine (C=N–C) groups is 1. The van der Waals surface area contributed by atoms with E-state index in [0.29, 0.717) is 24.6 Å². The van der Waals surface area contributed by atoms with Gasteiger partial charge in [-0.3, -0.25) is 0 Å². The Kier molecular flexibility index (Phi) is 2.42. The van der Waals surface area contributed by atoms with E-state index < -0.39 is 0 Å². The second kappa shape index (κ2) is 3.83. The molecule has 0 aromatic heterocycles. The average molecular weight is 233 g/mol. The summed E-state index contributed by atoms with van der Waals surface area (Å²) < 4.78 is 19.5. The first-order valence-corrected chi connectivity index (χ1v) is 6.17. The maximum absolute atomic E-state index is 14.0. The molecule has 0 radical (unpaired) electrons. The molecule has 0 amide bonds. The van der Waals surface area contributed by atoms with Crippen LogP contribution in [0.2, 0.25) is 0 Å². The lowest BCUT2D eigenvalue weighted by molar-refractivity contribution is 0.269. The molecule has 1 aromatic carbocycles. The van der Waals surface area contributed by atoms with Gasteiger partial charge in [0.1, 0.15) is 12.4 Å². The Morgan fingerprint density at radius 3 is 2.76 bits per heavy atom. The van der Waals surface area contributed by atoms with Crippen molar-refractivity contribution in [2.24, 2.45) is 4.99 Å². The molecule has 17 heavy (non-hydrogen) atoms. The Morgan fingerprint density at radius 2 is 2.18 bits per heavy atom. The molecule has 1 heterocycles. The molecule has 2 nitrogen and oxygen atoms in total. The van der Waals surface area contributed by atoms with Gasteiger partial charge in [-0.25, -0.2) is 9.38 Å². The van der Waals surface area contributed by atoms with Crippen molar-refractivity contribution in [1.29, 1.82) is 0 Å². The molecule has 2 aliphatic rings. The third kappa shape index (κ3) is 1.65. The summed E-state index contributed by atoms with van der Waals surface area (Å²) in [4.78, 5) is 4.25. The molecular formula is C14H16FNO. The quantitative estimate of drug-likeness (QED) is 0.769. The Bertz CT molecular complexity index is 477. The summed E-state index contributed by atoms with van der Waals surface area (Å²) in [6.07, 6.45) is 3.47. The van der Waals surface area contributed by atoms with Crippen LogP contribution in [0.25, 0.3) is 0 Å². The van der Waals surface area contributed by atoms with Crippen molar-refractivity contribution in [1.82, 2.24) is 0 Å². The van der Waals surface area contributed by atoms with Crippen LogP contribution >= 0.6 is 0 Å². The third-order valence-corrected chi connectivity index (χ3v) is 3.92. The van der Waals surface area contributed by atoms with Crippen LogP contribution in [0.15, 0.2) is 23.2 Å². The van der Waals surface area contributed by atoms with Gasteiger partial charge in [-0.15, -0.1) is 0 Å². The minimum atomic E-state index is -0.212. The number of benzene rings is 1. The van der Waals surface area contributed by atoms with Crippen molar-refractivity contribution in [3.8, 4) is 0 Å². The molecule has 1 aliphatic carbocycles. The van der Waals surface area contributed by atoms with Crippen LogP contribution in [0, 0.1) is 5.82 Å². The van der Waals surface area contributed by atoms with Crippen LogP contribution in [-0.4, -0.2) is 19.0 Å². The molecule has 3 rings (SSSR count). The van der Waals surface area contributed by atoms with Gasteiger partial charge in [0.25, 0.3) is 0 Å². The fourth-order valence-electron chi connectivity index (χ4n) is 2.71. The lowest BCUT2D eigenvalue weighted by atomic mass is 9.65. The smallest absolute Gasteiger partial charge is 0.219 e. The summed E-state index contributed by atoms with van der Waals surface area (Å²) in [6, 6.07) is 5.29. The summed E-state index contributed by atoms with van der Waals surface area (Å²) in [7, 11) is 0. The van der Waals surface area contributed by atoms with Crippen LogP contribution in [0.1, 0.15) is 37.3 Å². The van der Waals surface area contributed by atoms with E-state index in [-0.39, 0.29) is 11.2 Å². The molecule has 1 fully saturated rings. The van der Waals surface area contributed by atoms with E-state index in [1.165, 1.54) is 12.5 Å². The van der Waals surface area contributed by atoms with Gasteiger partial charge in [-0.1, -0.05) is 25.5 Å². The summed E-state index contributed by atoms with van der Waals surface area (Å²) in [5.74, 6) is 0.280. The fraction of sp³-hybridized carbons (Fsp3) is 0.500. The largest absolute Gasteiger partial charge is 0.475 e. The summed E-state index contributed by atoms with van der Waals surface area (Å²) in [6.45, 7) is 3.41. The molecule has 1 aliphatic heterocycles. The number of hydrogen-bond acceptors (Lipinski definition) is 2. The predicted molar refractivity (Wildman–Crippen MR) is 65.0 cm³/mol. The molecule has 0 bridgehead atoms. The summed E-state index contributed by atoms with van der Waals surface area (Å²) >= 11 is 0. The summed E-state index contributed by atoms with van der Waals surface area (Å²) in [5, 5.41) is 0. The molecule has 0 N–H and O–H groups in total. The zero-order chi connectivity index (χ0) is 11.9. The number of ether oxygens (including phenoxy) is 1. The molecule has 0 saturated heterocycles. The number of nitrogens with zero attached hydrogens (tertiary/aromatic N) is 1. The molecule has 0 spiro atoms. The van der Waals surface area contributed by atoms with Gasteiger partial charge in [0.15, 0.2) is 0 Å². The van der Waals surface area contributed by atoms with Crippen LogP contribution in [0.3, 0.4) is 0 Å². The zero-order valence-corrected chi connectivity index (χ0v) is 10.0. The Morgan fingerprint density at radius 1 is 1.35 bits per heavy atom. The molecule has 3 heteroatoms.